The van der Waals surface area contributed by atoms with Crippen molar-refractivity contribution in [2.75, 3.05) is 69.0 Å². The highest BCUT2D eigenvalue weighted by atomic mass is 32.1. The van der Waals surface area contributed by atoms with Crippen LogP contribution in [-0.4, -0.2) is 147 Å². The molecule has 8 N–H and O–H groups in total. The summed E-state index contributed by atoms with van der Waals surface area (Å²) in [5.41, 5.74) is 11.4. The van der Waals surface area contributed by atoms with Crippen LogP contribution >= 0.6 is 11.3 Å². The van der Waals surface area contributed by atoms with Gasteiger partial charge in [-0.25, -0.2) is 14.8 Å². The number of imide groups is 2. The molecule has 4 aliphatic carbocycles. The van der Waals surface area contributed by atoms with Crippen LogP contribution in [0.1, 0.15) is 166 Å². The van der Waals surface area contributed by atoms with Gasteiger partial charge in [-0.15, -0.1) is 10.2 Å². The maximum Gasteiger partial charge on any atom is 0.355 e. The zero-order chi connectivity index (χ0) is 62.4. The number of anilines is 5. The maximum atomic E-state index is 13.5. The van der Waals surface area contributed by atoms with Crippen LogP contribution in [0.5, 0.6) is 0 Å². The Morgan fingerprint density at radius 2 is 1.66 bits per heavy atom. The molecule has 3 atom stereocenters. The number of hydrogen-bond donors (Lipinski definition) is 6. The first kappa shape index (κ1) is 63.0. The number of carboxylic acids is 1. The van der Waals surface area contributed by atoms with E-state index in [1.807, 2.05) is 55.1 Å². The van der Waals surface area contributed by atoms with Gasteiger partial charge in [0.1, 0.15) is 11.9 Å². The third-order valence-corrected chi connectivity index (χ3v) is 19.6. The number of aryl methyl sites for hydroxylation is 1. The van der Waals surface area contributed by atoms with E-state index in [0.717, 1.165) is 110 Å². The molecule has 2 aromatic carbocycles. The van der Waals surface area contributed by atoms with E-state index in [1.54, 1.807) is 30.5 Å². The zero-order valence-corrected chi connectivity index (χ0v) is 52.3. The summed E-state index contributed by atoms with van der Waals surface area (Å²) in [7, 11) is 4.15. The Hall–Kier alpha value is -8.02. The van der Waals surface area contributed by atoms with Gasteiger partial charge in [0, 0.05) is 74.1 Å². The molecule has 3 aromatic heterocycles. The number of aromatic nitrogens is 4. The highest BCUT2D eigenvalue weighted by Crippen LogP contribution is 2.78. The number of hydrazone groups is 1. The topological polar surface area (TPSA) is 301 Å². The highest BCUT2D eigenvalue weighted by molar-refractivity contribution is 7.22. The molecule has 5 aromatic rings. The molecule has 4 bridgehead atoms. The van der Waals surface area contributed by atoms with Crippen LogP contribution < -0.4 is 32.4 Å². The SMILES string of the molecule is CC(=NCC12CC3(OCCN(C)C)CC(C)(C1)C(C)(C2)C3)C(=CN)c1ccc(N(CCCCCN=C/C(CCCCCCCNc2cccc3c2C(=O)N(C2CCC(=O)NC2=O)C3=O)=N\N)c2cc(C)c(Nc3nc4ccccc4s3)nn2)nc1C(=O)O. The zero-order valence-electron chi connectivity index (χ0n) is 51.5. The Morgan fingerprint density at radius 1 is 0.898 bits per heavy atom. The smallest absolute Gasteiger partial charge is 0.355 e. The number of pyridine rings is 1. The molecule has 5 fully saturated rings. The molecule has 3 unspecified atom stereocenters. The number of rotatable bonds is 30. The second-order valence-corrected chi connectivity index (χ2v) is 26.6. The summed E-state index contributed by atoms with van der Waals surface area (Å²) in [5.74, 6) is 3.95. The number of fused-ring (bicyclic) bond motifs is 2. The van der Waals surface area contributed by atoms with Gasteiger partial charge in [-0.05, 0) is 169 Å². The van der Waals surface area contributed by atoms with Crippen molar-refractivity contribution < 1.29 is 33.8 Å². The van der Waals surface area contributed by atoms with Gasteiger partial charge in [-0.3, -0.25) is 39.4 Å². The fourth-order valence-electron chi connectivity index (χ4n) is 14.6. The van der Waals surface area contributed by atoms with Gasteiger partial charge in [-0.2, -0.15) is 5.10 Å². The number of carbonyl (C=O) groups is 5. The number of nitrogens with two attached hydrogens (primary N) is 2. The summed E-state index contributed by atoms with van der Waals surface area (Å²) in [6, 6.07) is 17.5. The summed E-state index contributed by atoms with van der Waals surface area (Å²) in [6.07, 6.45) is 16.2. The molecule has 2 aliphatic heterocycles. The fourth-order valence-corrected chi connectivity index (χ4v) is 15.4. The van der Waals surface area contributed by atoms with E-state index < -0.39 is 35.6 Å². The van der Waals surface area contributed by atoms with E-state index >= 15 is 0 Å². The minimum atomic E-state index is -1.19. The number of benzene rings is 2. The van der Waals surface area contributed by atoms with Gasteiger partial charge in [0.15, 0.2) is 22.5 Å². The van der Waals surface area contributed by atoms with E-state index in [0.29, 0.717) is 90.7 Å². The molecule has 4 saturated carbocycles. The standard InChI is InChI=1S/C65H83N15O7S/c1-41-32-52(76-77-56(41)74-61-71-47-20-12-13-22-50(47)88-61)79(51-25-23-44(55(72-51)60(85)86)46(33-66)42(2)70-40-64-35-62(3)37-65(39-64,38-63(62,4)36-64)87-31-30-78(5)6)29-16-10-14-27-68-34-43(75-67)18-11-8-7-9-15-28-69-48-21-17-19-45-54(48)59(84)80(58(45)83)49-24-26-53(81)73-57(49)82/h12-13,17,19-23,25,32-34,49,69H,7-11,14-16,18,24,26-31,35-40,66-67H2,1-6H3,(H,85,86)(H,71,74,77)(H,73,81,82)/b46-33?,68-34?,70-42?,75-43-. The van der Waals surface area contributed by atoms with Crippen LogP contribution in [0.25, 0.3) is 15.8 Å². The molecule has 6 aliphatic rings. The van der Waals surface area contributed by atoms with Gasteiger partial charge in [0.05, 0.1) is 39.3 Å². The number of allylic oxidation sites excluding steroid dienone is 1. The van der Waals surface area contributed by atoms with Crippen molar-refractivity contribution in [1.82, 2.24) is 35.3 Å². The molecule has 4 amide bonds. The Bertz CT molecular complexity index is 3550. The van der Waals surface area contributed by atoms with Crippen molar-refractivity contribution in [2.24, 2.45) is 42.9 Å². The van der Waals surface area contributed by atoms with Crippen LogP contribution in [0.15, 0.2) is 81.9 Å². The van der Waals surface area contributed by atoms with E-state index in [2.05, 4.69) is 69.1 Å². The number of hydrogen-bond acceptors (Lipinski definition) is 20. The van der Waals surface area contributed by atoms with Gasteiger partial charge in [0.25, 0.3) is 11.8 Å². The first-order valence-electron chi connectivity index (χ1n) is 30.8. The minimum Gasteiger partial charge on any atom is -0.476 e. The van der Waals surface area contributed by atoms with Crippen molar-refractivity contribution in [3.05, 3.63) is 94.8 Å². The second kappa shape index (κ2) is 26.8. The average Bonchev–Trinajstić information content (AvgIpc) is 1.66. The number of aromatic carboxylic acids is 1. The molecule has 466 valence electrons. The molecule has 22 nitrogen and oxygen atoms in total. The summed E-state index contributed by atoms with van der Waals surface area (Å²) in [5, 5.41) is 33.7. The first-order valence-corrected chi connectivity index (χ1v) is 31.6. The normalized spacial score (nSPS) is 23.5. The van der Waals surface area contributed by atoms with Crippen molar-refractivity contribution in [3.8, 4) is 0 Å². The van der Waals surface area contributed by atoms with Crippen LogP contribution in [0.2, 0.25) is 0 Å². The van der Waals surface area contributed by atoms with Crippen LogP contribution in [0.3, 0.4) is 0 Å². The first-order chi connectivity index (χ1) is 42.3. The third kappa shape index (κ3) is 13.5. The number of carbonyl (C=O) groups excluding carboxylic acids is 4. The monoisotopic (exact) mass is 1220 g/mol. The van der Waals surface area contributed by atoms with Crippen molar-refractivity contribution in [1.29, 1.82) is 0 Å². The molecule has 5 heterocycles. The number of aliphatic imine (C=N–C) groups is 2. The average molecular weight is 1220 g/mol. The third-order valence-electron chi connectivity index (χ3n) is 18.6. The number of piperidine rings is 1. The molecular formula is C65H83N15O7S. The highest BCUT2D eigenvalue weighted by Gasteiger charge is 2.73. The second-order valence-electron chi connectivity index (χ2n) is 25.5. The van der Waals surface area contributed by atoms with E-state index in [-0.39, 0.29) is 51.5 Å². The molecule has 1 saturated heterocycles. The number of nitrogens with zero attached hydrogens (tertiary/aromatic N) is 10. The van der Waals surface area contributed by atoms with Crippen molar-refractivity contribution in [2.45, 2.75) is 142 Å². The van der Waals surface area contributed by atoms with Crippen molar-refractivity contribution >= 4 is 103 Å². The summed E-state index contributed by atoms with van der Waals surface area (Å²) in [4.78, 5) is 88.7. The fraction of sp³-hybridized carbons (Fsp3) is 0.508. The number of likely N-dealkylation sites (N-methyl/N-ethyl adjacent to an activating group) is 1. The molecule has 88 heavy (non-hydrogen) atoms. The molecule has 11 rings (SSSR count). The lowest BCUT2D eigenvalue weighted by Gasteiger charge is -2.47. The molecule has 0 spiro atoms. The molecular weight excluding hydrogens is 1130 g/mol. The van der Waals surface area contributed by atoms with E-state index in [9.17, 15) is 29.1 Å². The Labute approximate surface area is 518 Å². The van der Waals surface area contributed by atoms with Gasteiger partial charge in [0.2, 0.25) is 11.8 Å². The number of nitrogens with one attached hydrogen (secondary N) is 3. The minimum absolute atomic E-state index is 0.0205. The van der Waals surface area contributed by atoms with E-state index in [4.69, 9.17) is 31.3 Å². The number of thiazole rings is 1. The number of para-hydroxylation sites is 1. The predicted octanol–water partition coefficient (Wildman–Crippen LogP) is 9.85. The largest absolute Gasteiger partial charge is 0.476 e. The van der Waals surface area contributed by atoms with Gasteiger partial charge in [-0.1, -0.05) is 62.6 Å². The van der Waals surface area contributed by atoms with Crippen molar-refractivity contribution in [3.63, 3.8) is 0 Å². The van der Waals surface area contributed by atoms with Crippen LogP contribution in [0.4, 0.5) is 28.3 Å². The van der Waals surface area contributed by atoms with Crippen LogP contribution in [-0.2, 0) is 14.3 Å². The summed E-state index contributed by atoms with van der Waals surface area (Å²) < 4.78 is 7.84. The lowest BCUT2D eigenvalue weighted by molar-refractivity contribution is -0.136. The quantitative estimate of drug-likeness (QED) is 0.00819. The number of carboxylic acid groups (broad SMARTS) is 1. The Kier molecular flexibility index (Phi) is 19.2. The lowest BCUT2D eigenvalue weighted by Crippen LogP contribution is -2.54. The lowest BCUT2D eigenvalue weighted by atomic mass is 9.64. The number of ether oxygens (including phenoxy) is 1. The summed E-state index contributed by atoms with van der Waals surface area (Å²) >= 11 is 1.53. The van der Waals surface area contributed by atoms with E-state index in [1.165, 1.54) is 17.5 Å². The number of unbranched alkanes of at least 4 members (excludes halogenated alkanes) is 6. The summed E-state index contributed by atoms with van der Waals surface area (Å²) in [6.45, 7) is 12.5. The predicted molar refractivity (Wildman–Crippen MR) is 345 cm³/mol. The van der Waals surface area contributed by atoms with Crippen LogP contribution in [0, 0.1) is 23.2 Å². The maximum absolute atomic E-state index is 13.5. The molecule has 0 radical (unpaired) electrons. The van der Waals surface area contributed by atoms with Gasteiger partial charge < -0.3 is 41.9 Å². The Balaban J connectivity index is 0.733. The Morgan fingerprint density at radius 3 is 2.39 bits per heavy atom. The van der Waals surface area contributed by atoms with Gasteiger partial charge >= 0.3 is 5.97 Å². The molecule has 23 heteroatoms. The number of amides is 4.